The molecule has 0 radical (unpaired) electrons. The number of benzene rings is 1. The topological polar surface area (TPSA) is 75.1 Å². The van der Waals surface area contributed by atoms with E-state index in [1.165, 1.54) is 0 Å². The third kappa shape index (κ3) is 3.93. The number of carbonyl (C=O) groups excluding carboxylic acids is 1. The highest BCUT2D eigenvalue weighted by atomic mass is 35.5. The first-order valence-corrected chi connectivity index (χ1v) is 11.0. The van der Waals surface area contributed by atoms with E-state index in [0.29, 0.717) is 30.2 Å². The molecule has 0 unspecified atom stereocenters. The number of amides is 1. The number of quaternary nitrogens is 1. The van der Waals surface area contributed by atoms with E-state index in [-0.39, 0.29) is 25.4 Å². The Kier molecular flexibility index (Phi) is 5.51. The maximum Gasteiger partial charge on any atom is 0.318 e. The number of halogens is 1. The number of rotatable bonds is 2. The molecule has 1 saturated heterocycles. The highest BCUT2D eigenvalue weighted by molar-refractivity contribution is 6.30. The molecule has 2 aromatic heterocycles. The zero-order valence-corrected chi connectivity index (χ0v) is 18.2. The second kappa shape index (κ2) is 8.47. The quantitative estimate of drug-likeness (QED) is 0.420. The molecule has 32 heavy (non-hydrogen) atoms. The fraction of sp³-hybridized carbons (Fsp3) is 0.240. The van der Waals surface area contributed by atoms with Crippen molar-refractivity contribution in [2.45, 2.75) is 25.9 Å². The van der Waals surface area contributed by atoms with E-state index in [4.69, 9.17) is 16.3 Å². The van der Waals surface area contributed by atoms with E-state index in [0.717, 1.165) is 33.5 Å². The average molecular weight is 448 g/mol. The standard InChI is InChI=1S/C25H22ClN3O3/c26-20-3-4-21-22(15-20)32-16-19-2-1-9-28-25(19)24(21)18-7-12-29(31,13-8-18)23(30)14-17-5-10-27-11-6-17/h1-6,9-11,15H,7-8,12-14,16H2. The predicted octanol–water partition coefficient (Wildman–Crippen LogP) is 4.70. The summed E-state index contributed by atoms with van der Waals surface area (Å²) in [6.45, 7) is 0.836. The number of ether oxygens (including phenoxy) is 1. The number of nitrogens with zero attached hydrogens (tertiary/aromatic N) is 3. The van der Waals surface area contributed by atoms with Crippen LogP contribution in [0.5, 0.6) is 5.75 Å². The van der Waals surface area contributed by atoms with Gasteiger partial charge < -0.3 is 9.94 Å². The Morgan fingerprint density at radius 3 is 2.66 bits per heavy atom. The van der Waals surface area contributed by atoms with E-state index < -0.39 is 4.65 Å². The molecule has 6 nitrogen and oxygen atoms in total. The maximum absolute atomic E-state index is 13.4. The molecular weight excluding hydrogens is 426 g/mol. The van der Waals surface area contributed by atoms with Crippen molar-refractivity contribution in [3.05, 3.63) is 99.2 Å². The number of fused-ring (bicyclic) bond motifs is 2. The molecule has 0 aliphatic carbocycles. The van der Waals surface area contributed by atoms with Gasteiger partial charge in [0.15, 0.2) is 0 Å². The third-order valence-corrected chi connectivity index (χ3v) is 6.42. The predicted molar refractivity (Wildman–Crippen MR) is 122 cm³/mol. The van der Waals surface area contributed by atoms with Crippen LogP contribution in [0.2, 0.25) is 5.02 Å². The molecule has 2 aliphatic heterocycles. The lowest BCUT2D eigenvalue weighted by molar-refractivity contribution is -0.807. The lowest BCUT2D eigenvalue weighted by Crippen LogP contribution is -2.52. The molecule has 0 N–H and O–H groups in total. The average Bonchev–Trinajstić information content (AvgIpc) is 2.97. The van der Waals surface area contributed by atoms with Gasteiger partial charge in [-0.15, -0.1) is 0 Å². The number of hydrogen-bond donors (Lipinski definition) is 0. The normalized spacial score (nSPS) is 20.1. The molecule has 1 amide bonds. The van der Waals surface area contributed by atoms with Crippen molar-refractivity contribution < 1.29 is 14.2 Å². The Hall–Kier alpha value is -3.06. The van der Waals surface area contributed by atoms with Gasteiger partial charge in [0.1, 0.15) is 12.4 Å². The monoisotopic (exact) mass is 447 g/mol. The van der Waals surface area contributed by atoms with Gasteiger partial charge in [-0.1, -0.05) is 17.7 Å². The van der Waals surface area contributed by atoms with Gasteiger partial charge in [0.2, 0.25) is 0 Å². The van der Waals surface area contributed by atoms with Gasteiger partial charge in [0, 0.05) is 53.2 Å². The smallest absolute Gasteiger partial charge is 0.318 e. The Bertz CT molecular complexity index is 1200. The van der Waals surface area contributed by atoms with Gasteiger partial charge in [-0.2, -0.15) is 0 Å². The molecule has 0 bridgehead atoms. The molecule has 1 fully saturated rings. The van der Waals surface area contributed by atoms with Gasteiger partial charge in [0.25, 0.3) is 0 Å². The van der Waals surface area contributed by atoms with Crippen LogP contribution in [-0.4, -0.2) is 33.6 Å². The number of likely N-dealkylation sites (tertiary alicyclic amines) is 1. The van der Waals surface area contributed by atoms with Crippen LogP contribution in [0, 0.1) is 5.21 Å². The van der Waals surface area contributed by atoms with Crippen molar-refractivity contribution in [2.75, 3.05) is 13.1 Å². The third-order valence-electron chi connectivity index (χ3n) is 6.19. The molecule has 0 saturated carbocycles. The van der Waals surface area contributed by atoms with Crippen molar-refractivity contribution in [1.29, 1.82) is 0 Å². The minimum Gasteiger partial charge on any atom is -0.625 e. The summed E-state index contributed by atoms with van der Waals surface area (Å²) in [6, 6.07) is 13.1. The molecule has 4 heterocycles. The van der Waals surface area contributed by atoms with Crippen molar-refractivity contribution in [2.24, 2.45) is 0 Å². The van der Waals surface area contributed by atoms with Gasteiger partial charge in [-0.25, -0.2) is 4.79 Å². The number of hydroxylamine groups is 3. The zero-order valence-electron chi connectivity index (χ0n) is 17.5. The first-order chi connectivity index (χ1) is 15.5. The summed E-state index contributed by atoms with van der Waals surface area (Å²) in [4.78, 5) is 21.5. The largest absolute Gasteiger partial charge is 0.625 e. The Morgan fingerprint density at radius 2 is 1.88 bits per heavy atom. The summed E-state index contributed by atoms with van der Waals surface area (Å²) in [5.74, 6) is 0.398. The minimum absolute atomic E-state index is 0.123. The van der Waals surface area contributed by atoms with Gasteiger partial charge in [-0.3, -0.25) is 14.6 Å². The summed E-state index contributed by atoms with van der Waals surface area (Å²) in [6.07, 6.45) is 6.22. The van der Waals surface area contributed by atoms with Crippen molar-refractivity contribution in [1.82, 2.24) is 9.97 Å². The van der Waals surface area contributed by atoms with Crippen LogP contribution in [0.4, 0.5) is 0 Å². The van der Waals surface area contributed by atoms with Crippen LogP contribution in [0.3, 0.4) is 0 Å². The molecule has 0 spiro atoms. The molecule has 0 atom stereocenters. The minimum atomic E-state index is -0.807. The molecule has 162 valence electrons. The highest BCUT2D eigenvalue weighted by Crippen LogP contribution is 2.41. The molecule has 1 aromatic carbocycles. The number of pyridine rings is 2. The summed E-state index contributed by atoms with van der Waals surface area (Å²) >= 11 is 6.22. The fourth-order valence-corrected chi connectivity index (χ4v) is 4.59. The van der Waals surface area contributed by atoms with E-state index in [1.54, 1.807) is 30.7 Å². The van der Waals surface area contributed by atoms with Crippen molar-refractivity contribution in [3.8, 4) is 5.75 Å². The summed E-state index contributed by atoms with van der Waals surface area (Å²) in [5, 5.41) is 14.0. The first kappa shape index (κ1) is 20.8. The zero-order chi connectivity index (χ0) is 22.1. The van der Waals surface area contributed by atoms with E-state index in [2.05, 4.69) is 9.97 Å². The second-order valence-corrected chi connectivity index (χ2v) is 8.62. The van der Waals surface area contributed by atoms with Crippen LogP contribution in [-0.2, 0) is 17.8 Å². The summed E-state index contributed by atoms with van der Waals surface area (Å²) in [5.41, 5.74) is 5.73. The van der Waals surface area contributed by atoms with Crippen LogP contribution < -0.4 is 4.74 Å². The van der Waals surface area contributed by atoms with E-state index in [9.17, 15) is 10.0 Å². The fourth-order valence-electron chi connectivity index (χ4n) is 4.43. The Balaban J connectivity index is 1.48. The van der Waals surface area contributed by atoms with Crippen LogP contribution >= 0.6 is 11.6 Å². The summed E-state index contributed by atoms with van der Waals surface area (Å²) < 4.78 is 5.23. The molecule has 2 aliphatic rings. The van der Waals surface area contributed by atoms with Crippen LogP contribution in [0.15, 0.2) is 66.6 Å². The van der Waals surface area contributed by atoms with Gasteiger partial charge in [-0.05, 0) is 47.5 Å². The summed E-state index contributed by atoms with van der Waals surface area (Å²) in [7, 11) is 0. The lowest BCUT2D eigenvalue weighted by Gasteiger charge is -2.43. The van der Waals surface area contributed by atoms with E-state index in [1.807, 2.05) is 30.3 Å². The highest BCUT2D eigenvalue weighted by Gasteiger charge is 2.34. The van der Waals surface area contributed by atoms with Crippen LogP contribution in [0.1, 0.15) is 35.2 Å². The number of aromatic nitrogens is 2. The first-order valence-electron chi connectivity index (χ1n) is 10.6. The van der Waals surface area contributed by atoms with Gasteiger partial charge in [0.05, 0.1) is 25.2 Å². The number of hydrogen-bond acceptors (Lipinski definition) is 5. The molecule has 3 aromatic rings. The Labute approximate surface area is 191 Å². The van der Waals surface area contributed by atoms with E-state index >= 15 is 0 Å². The molecule has 5 rings (SSSR count). The second-order valence-electron chi connectivity index (χ2n) is 8.18. The SMILES string of the molecule is O=C(Cc1ccncc1)[N+]1([O-])CCC(=C2c3ccc(Cl)cc3OCc3cccnc32)CC1. The van der Waals surface area contributed by atoms with Crippen molar-refractivity contribution >= 4 is 23.1 Å². The van der Waals surface area contributed by atoms with Gasteiger partial charge >= 0.3 is 5.91 Å². The molecular formula is C25H22ClN3O3. The van der Waals surface area contributed by atoms with Crippen molar-refractivity contribution in [3.63, 3.8) is 0 Å². The van der Waals surface area contributed by atoms with Crippen LogP contribution in [0.25, 0.3) is 5.57 Å². The number of piperidine rings is 1. The molecule has 7 heteroatoms. The Morgan fingerprint density at radius 1 is 1.09 bits per heavy atom. The maximum atomic E-state index is 13.4. The number of carbonyl (C=O) groups is 1. The lowest BCUT2D eigenvalue weighted by atomic mass is 9.89.